The summed E-state index contributed by atoms with van der Waals surface area (Å²) in [7, 11) is 0. The summed E-state index contributed by atoms with van der Waals surface area (Å²) in [5.74, 6) is 0. The van der Waals surface area contributed by atoms with E-state index in [0.717, 1.165) is 41.1 Å². The fourth-order valence-corrected chi connectivity index (χ4v) is 4.77. The Morgan fingerprint density at radius 3 is 2.14 bits per heavy atom. The van der Waals surface area contributed by atoms with Gasteiger partial charge < -0.3 is 4.57 Å². The van der Waals surface area contributed by atoms with Gasteiger partial charge in [-0.05, 0) is 70.2 Å². The molecule has 0 N–H and O–H groups in total. The Balaban J connectivity index is 2.12. The summed E-state index contributed by atoms with van der Waals surface area (Å²) in [5.41, 5.74) is 10.5. The SMILES string of the molecule is CCC(CC)n1ccc2c(C)nc3c(-c4c(C)cc(C)cc4C)c(C)nn3c21. The van der Waals surface area contributed by atoms with Crippen molar-refractivity contribution in [1.29, 1.82) is 0 Å². The standard InChI is InChI=1S/C24H30N4/c1-8-19(9-2)27-11-10-20-17(6)25-23-22(18(7)26-28(23)24(20)27)21-15(4)12-14(3)13-16(21)5/h10-13,19H,8-9H2,1-7H3. The third-order valence-corrected chi connectivity index (χ3v) is 6.05. The molecule has 0 saturated carbocycles. The molecule has 3 aromatic heterocycles. The van der Waals surface area contributed by atoms with E-state index in [1.54, 1.807) is 0 Å². The van der Waals surface area contributed by atoms with Gasteiger partial charge in [-0.15, -0.1) is 0 Å². The molecule has 0 aliphatic heterocycles. The van der Waals surface area contributed by atoms with Crippen molar-refractivity contribution in [2.24, 2.45) is 0 Å². The third-order valence-electron chi connectivity index (χ3n) is 6.05. The molecule has 0 bridgehead atoms. The molecule has 0 saturated heterocycles. The normalized spacial score (nSPS) is 12.0. The first-order valence-corrected chi connectivity index (χ1v) is 10.3. The van der Waals surface area contributed by atoms with Crippen molar-refractivity contribution in [1.82, 2.24) is 19.2 Å². The Morgan fingerprint density at radius 1 is 0.893 bits per heavy atom. The van der Waals surface area contributed by atoms with Gasteiger partial charge in [-0.1, -0.05) is 31.5 Å². The van der Waals surface area contributed by atoms with E-state index in [0.29, 0.717) is 6.04 Å². The highest BCUT2D eigenvalue weighted by atomic mass is 15.3. The highest BCUT2D eigenvalue weighted by Gasteiger charge is 2.22. The number of rotatable bonds is 4. The molecule has 0 spiro atoms. The number of fused-ring (bicyclic) bond motifs is 3. The Labute approximate surface area is 167 Å². The number of aryl methyl sites for hydroxylation is 5. The minimum atomic E-state index is 0.471. The number of benzene rings is 1. The van der Waals surface area contributed by atoms with E-state index >= 15 is 0 Å². The molecular formula is C24H30N4. The lowest BCUT2D eigenvalue weighted by Gasteiger charge is -2.17. The Morgan fingerprint density at radius 2 is 1.54 bits per heavy atom. The van der Waals surface area contributed by atoms with Gasteiger partial charge in [0.1, 0.15) is 5.65 Å². The average molecular weight is 375 g/mol. The summed E-state index contributed by atoms with van der Waals surface area (Å²) >= 11 is 0. The van der Waals surface area contributed by atoms with Crippen LogP contribution < -0.4 is 0 Å². The highest BCUT2D eigenvalue weighted by molar-refractivity contribution is 5.89. The Hall–Kier alpha value is -2.62. The summed E-state index contributed by atoms with van der Waals surface area (Å²) in [6, 6.07) is 7.17. The van der Waals surface area contributed by atoms with E-state index < -0.39 is 0 Å². The number of aromatic nitrogens is 4. The van der Waals surface area contributed by atoms with E-state index in [2.05, 4.69) is 81.9 Å². The van der Waals surface area contributed by atoms with Gasteiger partial charge in [-0.3, -0.25) is 0 Å². The number of hydrogen-bond acceptors (Lipinski definition) is 2. The van der Waals surface area contributed by atoms with Crippen molar-refractivity contribution in [3.63, 3.8) is 0 Å². The Kier molecular flexibility index (Phi) is 4.53. The van der Waals surface area contributed by atoms with Crippen molar-refractivity contribution in [2.45, 2.75) is 67.3 Å². The van der Waals surface area contributed by atoms with Crippen LogP contribution in [0.4, 0.5) is 0 Å². The summed E-state index contributed by atoms with van der Waals surface area (Å²) < 4.78 is 4.46. The monoisotopic (exact) mass is 374 g/mol. The van der Waals surface area contributed by atoms with Gasteiger partial charge in [0.05, 0.1) is 17.0 Å². The van der Waals surface area contributed by atoms with Crippen LogP contribution in [-0.2, 0) is 0 Å². The van der Waals surface area contributed by atoms with Crippen LogP contribution in [0.1, 0.15) is 60.8 Å². The van der Waals surface area contributed by atoms with Crippen LogP contribution in [0.25, 0.3) is 27.8 Å². The van der Waals surface area contributed by atoms with Crippen LogP contribution in [0.2, 0.25) is 0 Å². The second-order valence-electron chi connectivity index (χ2n) is 8.10. The van der Waals surface area contributed by atoms with Crippen molar-refractivity contribution in [2.75, 3.05) is 0 Å². The second kappa shape index (κ2) is 6.77. The molecule has 4 nitrogen and oxygen atoms in total. The van der Waals surface area contributed by atoms with E-state index in [4.69, 9.17) is 10.1 Å². The average Bonchev–Trinajstić information content (AvgIpc) is 3.19. The molecule has 4 aromatic rings. The largest absolute Gasteiger partial charge is 0.329 e. The molecule has 3 heterocycles. The smallest absolute Gasteiger partial charge is 0.165 e. The molecule has 0 unspecified atom stereocenters. The van der Waals surface area contributed by atoms with Crippen LogP contribution >= 0.6 is 0 Å². The van der Waals surface area contributed by atoms with Gasteiger partial charge in [-0.2, -0.15) is 9.61 Å². The first-order valence-electron chi connectivity index (χ1n) is 10.3. The molecule has 1 aromatic carbocycles. The van der Waals surface area contributed by atoms with E-state index in [-0.39, 0.29) is 0 Å². The number of nitrogens with zero attached hydrogens (tertiary/aromatic N) is 4. The zero-order valence-electron chi connectivity index (χ0n) is 18.1. The minimum Gasteiger partial charge on any atom is -0.329 e. The lowest BCUT2D eigenvalue weighted by Crippen LogP contribution is -2.09. The first-order chi connectivity index (χ1) is 13.4. The summed E-state index contributed by atoms with van der Waals surface area (Å²) in [6.45, 7) is 15.3. The second-order valence-corrected chi connectivity index (χ2v) is 8.10. The van der Waals surface area contributed by atoms with Crippen LogP contribution in [0, 0.1) is 34.6 Å². The topological polar surface area (TPSA) is 35.1 Å². The molecule has 0 amide bonds. The number of hydrogen-bond donors (Lipinski definition) is 0. The molecule has 146 valence electrons. The van der Waals surface area contributed by atoms with Crippen molar-refractivity contribution < 1.29 is 0 Å². The van der Waals surface area contributed by atoms with Crippen LogP contribution in [0.15, 0.2) is 24.4 Å². The molecule has 0 aliphatic carbocycles. The quantitative estimate of drug-likeness (QED) is 0.423. The summed E-state index contributed by atoms with van der Waals surface area (Å²) in [6.07, 6.45) is 4.41. The van der Waals surface area contributed by atoms with E-state index in [1.807, 2.05) is 0 Å². The zero-order chi connectivity index (χ0) is 20.2. The molecular weight excluding hydrogens is 344 g/mol. The highest BCUT2D eigenvalue weighted by Crippen LogP contribution is 2.36. The Bertz CT molecular complexity index is 1170. The maximum absolute atomic E-state index is 5.02. The molecule has 0 radical (unpaired) electrons. The van der Waals surface area contributed by atoms with Gasteiger partial charge >= 0.3 is 0 Å². The van der Waals surface area contributed by atoms with Crippen molar-refractivity contribution in [3.05, 3.63) is 52.5 Å². The van der Waals surface area contributed by atoms with Gasteiger partial charge in [0.25, 0.3) is 0 Å². The third kappa shape index (κ3) is 2.66. The van der Waals surface area contributed by atoms with Gasteiger partial charge in [-0.25, -0.2) is 4.98 Å². The van der Waals surface area contributed by atoms with Gasteiger partial charge in [0.15, 0.2) is 5.65 Å². The maximum atomic E-state index is 5.02. The fourth-order valence-electron chi connectivity index (χ4n) is 4.77. The lowest BCUT2D eigenvalue weighted by molar-refractivity contribution is 0.480. The molecule has 4 rings (SSSR count). The first kappa shape index (κ1) is 18.7. The van der Waals surface area contributed by atoms with E-state index in [1.165, 1.54) is 27.6 Å². The van der Waals surface area contributed by atoms with Crippen LogP contribution in [-0.4, -0.2) is 19.2 Å². The van der Waals surface area contributed by atoms with E-state index in [9.17, 15) is 0 Å². The maximum Gasteiger partial charge on any atom is 0.165 e. The van der Waals surface area contributed by atoms with Crippen LogP contribution in [0.5, 0.6) is 0 Å². The predicted molar refractivity (Wildman–Crippen MR) is 117 cm³/mol. The van der Waals surface area contributed by atoms with Crippen molar-refractivity contribution in [3.8, 4) is 11.1 Å². The van der Waals surface area contributed by atoms with Crippen molar-refractivity contribution >= 4 is 16.7 Å². The molecule has 28 heavy (non-hydrogen) atoms. The lowest BCUT2D eigenvalue weighted by atomic mass is 9.94. The molecule has 0 aliphatic rings. The van der Waals surface area contributed by atoms with Gasteiger partial charge in [0, 0.05) is 17.6 Å². The van der Waals surface area contributed by atoms with Crippen LogP contribution in [0.3, 0.4) is 0 Å². The van der Waals surface area contributed by atoms with Gasteiger partial charge in [0.2, 0.25) is 0 Å². The summed E-state index contributed by atoms with van der Waals surface area (Å²) in [5, 5.41) is 6.17. The molecule has 0 fully saturated rings. The fraction of sp³-hybridized carbons (Fsp3) is 0.417. The zero-order valence-corrected chi connectivity index (χ0v) is 18.1. The molecule has 4 heteroatoms. The predicted octanol–water partition coefficient (Wildman–Crippen LogP) is 6.25. The molecule has 0 atom stereocenters. The minimum absolute atomic E-state index is 0.471. The summed E-state index contributed by atoms with van der Waals surface area (Å²) in [4.78, 5) is 5.02.